The Bertz CT molecular complexity index is 625. The molecule has 0 amide bonds. The molecule has 0 fully saturated rings. The van der Waals surface area contributed by atoms with E-state index in [1.807, 2.05) is 12.1 Å². The molecule has 2 aromatic rings. The van der Waals surface area contributed by atoms with Crippen molar-refractivity contribution < 1.29 is 0 Å². The fourth-order valence-electron chi connectivity index (χ4n) is 2.34. The molecule has 2 rings (SSSR count). The second kappa shape index (κ2) is 6.39. The lowest BCUT2D eigenvalue weighted by Crippen LogP contribution is -2.10. The molecule has 2 aromatic carbocycles. The topological polar surface area (TPSA) is 26.0 Å². The molecule has 0 spiro atoms. The van der Waals surface area contributed by atoms with Gasteiger partial charge >= 0.3 is 0 Å². The molecule has 0 saturated heterocycles. The molecule has 0 aliphatic heterocycles. The van der Waals surface area contributed by atoms with Gasteiger partial charge in [-0.1, -0.05) is 74.3 Å². The number of nitrogens with two attached hydrogens (primary N) is 1. The lowest BCUT2D eigenvalue weighted by atomic mass is 9.86. The highest BCUT2D eigenvalue weighted by Gasteiger charge is 2.15. The predicted octanol–water partition coefficient (Wildman–Crippen LogP) is 5.46. The third-order valence-corrected chi connectivity index (χ3v) is 4.43. The molecule has 112 valence electrons. The first-order chi connectivity index (χ1) is 9.84. The molecule has 0 atom stereocenters. The summed E-state index contributed by atoms with van der Waals surface area (Å²) < 4.78 is 0. The predicted molar refractivity (Wildman–Crippen MR) is 93.4 cm³/mol. The first-order valence-electron chi connectivity index (χ1n) is 7.12. The van der Waals surface area contributed by atoms with Gasteiger partial charge in [0.1, 0.15) is 0 Å². The van der Waals surface area contributed by atoms with Crippen LogP contribution in [0.3, 0.4) is 0 Å². The molecule has 0 heterocycles. The fraction of sp³-hybridized carbons (Fsp3) is 0.333. The largest absolute Gasteiger partial charge is 0.330 e. The Balaban J connectivity index is 2.45. The lowest BCUT2D eigenvalue weighted by Gasteiger charge is -2.19. The van der Waals surface area contributed by atoms with E-state index in [1.165, 1.54) is 5.56 Å². The van der Waals surface area contributed by atoms with Gasteiger partial charge in [0.2, 0.25) is 0 Å². The van der Waals surface area contributed by atoms with Crippen LogP contribution in [0.5, 0.6) is 0 Å². The first-order valence-corrected chi connectivity index (χ1v) is 7.88. The lowest BCUT2D eigenvalue weighted by molar-refractivity contribution is 0.590. The Morgan fingerprint density at radius 1 is 0.952 bits per heavy atom. The van der Waals surface area contributed by atoms with Crippen molar-refractivity contribution in [1.29, 1.82) is 0 Å². The molecule has 0 bridgehead atoms. The highest BCUT2D eigenvalue weighted by Crippen LogP contribution is 2.35. The molecule has 0 radical (unpaired) electrons. The van der Waals surface area contributed by atoms with Crippen LogP contribution < -0.4 is 5.73 Å². The van der Waals surface area contributed by atoms with E-state index >= 15 is 0 Å². The van der Waals surface area contributed by atoms with E-state index in [4.69, 9.17) is 28.9 Å². The van der Waals surface area contributed by atoms with Gasteiger partial charge in [0, 0.05) is 10.6 Å². The van der Waals surface area contributed by atoms with Crippen LogP contribution in [-0.4, -0.2) is 6.54 Å². The standard InChI is InChI=1S/C18H21Cl2N/c1-18(2,3)13-6-4-12(5-7-13)14-8-9-16(19)15(10-11-21)17(14)20/h4-9H,10-11,21H2,1-3H3. The Labute approximate surface area is 137 Å². The summed E-state index contributed by atoms with van der Waals surface area (Å²) in [7, 11) is 0. The van der Waals surface area contributed by atoms with Gasteiger partial charge in [-0.25, -0.2) is 0 Å². The molecule has 3 heteroatoms. The van der Waals surface area contributed by atoms with Crippen molar-refractivity contribution >= 4 is 23.2 Å². The number of benzene rings is 2. The summed E-state index contributed by atoms with van der Waals surface area (Å²) in [5, 5.41) is 1.39. The van der Waals surface area contributed by atoms with Crippen molar-refractivity contribution in [3.8, 4) is 11.1 Å². The third kappa shape index (κ3) is 3.60. The van der Waals surface area contributed by atoms with Crippen molar-refractivity contribution in [2.75, 3.05) is 6.54 Å². The van der Waals surface area contributed by atoms with E-state index in [-0.39, 0.29) is 5.41 Å². The van der Waals surface area contributed by atoms with Crippen molar-refractivity contribution in [3.05, 3.63) is 57.6 Å². The normalized spacial score (nSPS) is 11.7. The van der Waals surface area contributed by atoms with Gasteiger partial charge in [-0.05, 0) is 41.1 Å². The van der Waals surface area contributed by atoms with Crippen LogP contribution in [-0.2, 0) is 11.8 Å². The molecule has 0 aliphatic carbocycles. The molecule has 2 N–H and O–H groups in total. The molecule has 0 aromatic heterocycles. The molecular weight excluding hydrogens is 301 g/mol. The van der Waals surface area contributed by atoms with Crippen molar-refractivity contribution in [2.24, 2.45) is 5.73 Å². The maximum Gasteiger partial charge on any atom is 0.0531 e. The van der Waals surface area contributed by atoms with Crippen LogP contribution in [0.2, 0.25) is 10.0 Å². The van der Waals surface area contributed by atoms with Gasteiger partial charge in [0.05, 0.1) is 5.02 Å². The van der Waals surface area contributed by atoms with Crippen molar-refractivity contribution in [2.45, 2.75) is 32.6 Å². The van der Waals surface area contributed by atoms with E-state index in [2.05, 4.69) is 45.0 Å². The average molecular weight is 322 g/mol. The summed E-state index contributed by atoms with van der Waals surface area (Å²) >= 11 is 12.7. The zero-order valence-corrected chi connectivity index (χ0v) is 14.2. The van der Waals surface area contributed by atoms with E-state index in [9.17, 15) is 0 Å². The van der Waals surface area contributed by atoms with Gasteiger partial charge < -0.3 is 5.73 Å². The number of rotatable bonds is 3. The van der Waals surface area contributed by atoms with Gasteiger partial charge in [0.25, 0.3) is 0 Å². The number of halogens is 2. The van der Waals surface area contributed by atoms with Crippen LogP contribution in [0.25, 0.3) is 11.1 Å². The maximum absolute atomic E-state index is 6.52. The molecule has 0 unspecified atom stereocenters. The van der Waals surface area contributed by atoms with Gasteiger partial charge in [-0.2, -0.15) is 0 Å². The Morgan fingerprint density at radius 2 is 1.57 bits per heavy atom. The minimum Gasteiger partial charge on any atom is -0.330 e. The molecular formula is C18H21Cl2N. The zero-order valence-electron chi connectivity index (χ0n) is 12.7. The summed E-state index contributed by atoms with van der Waals surface area (Å²) in [6.07, 6.45) is 0.686. The summed E-state index contributed by atoms with van der Waals surface area (Å²) in [4.78, 5) is 0. The van der Waals surface area contributed by atoms with Crippen LogP contribution in [0.4, 0.5) is 0 Å². The zero-order chi connectivity index (χ0) is 15.6. The van der Waals surface area contributed by atoms with E-state index in [1.54, 1.807) is 0 Å². The van der Waals surface area contributed by atoms with E-state index < -0.39 is 0 Å². The molecule has 0 saturated carbocycles. The summed E-state index contributed by atoms with van der Waals surface area (Å²) in [5.41, 5.74) is 10.1. The van der Waals surface area contributed by atoms with Gasteiger partial charge in [-0.3, -0.25) is 0 Å². The molecule has 1 nitrogen and oxygen atoms in total. The SMILES string of the molecule is CC(C)(C)c1ccc(-c2ccc(Cl)c(CCN)c2Cl)cc1. The highest BCUT2D eigenvalue weighted by molar-refractivity contribution is 6.37. The molecule has 0 aliphatic rings. The minimum absolute atomic E-state index is 0.146. The Hall–Kier alpha value is -1.02. The second-order valence-electron chi connectivity index (χ2n) is 6.25. The summed E-state index contributed by atoms with van der Waals surface area (Å²) in [6.45, 7) is 7.15. The van der Waals surface area contributed by atoms with Crippen LogP contribution >= 0.6 is 23.2 Å². The number of hydrogen-bond acceptors (Lipinski definition) is 1. The Kier molecular flexibility index (Phi) is 4.98. The smallest absolute Gasteiger partial charge is 0.0531 e. The minimum atomic E-state index is 0.146. The summed E-state index contributed by atoms with van der Waals surface area (Å²) in [6, 6.07) is 12.4. The quantitative estimate of drug-likeness (QED) is 0.798. The fourth-order valence-corrected chi connectivity index (χ4v) is 3.01. The summed E-state index contributed by atoms with van der Waals surface area (Å²) in [5.74, 6) is 0. The van der Waals surface area contributed by atoms with Crippen LogP contribution in [0.15, 0.2) is 36.4 Å². The van der Waals surface area contributed by atoms with E-state index in [0.29, 0.717) is 23.0 Å². The van der Waals surface area contributed by atoms with Crippen molar-refractivity contribution in [1.82, 2.24) is 0 Å². The van der Waals surface area contributed by atoms with Crippen LogP contribution in [0, 0.1) is 0 Å². The van der Waals surface area contributed by atoms with E-state index in [0.717, 1.165) is 16.7 Å². The number of hydrogen-bond donors (Lipinski definition) is 1. The Morgan fingerprint density at radius 3 is 2.10 bits per heavy atom. The monoisotopic (exact) mass is 321 g/mol. The van der Waals surface area contributed by atoms with Crippen LogP contribution in [0.1, 0.15) is 31.9 Å². The maximum atomic E-state index is 6.52. The average Bonchev–Trinajstić information content (AvgIpc) is 2.43. The van der Waals surface area contributed by atoms with Gasteiger partial charge in [0.15, 0.2) is 0 Å². The second-order valence-corrected chi connectivity index (χ2v) is 7.04. The van der Waals surface area contributed by atoms with Crippen molar-refractivity contribution in [3.63, 3.8) is 0 Å². The third-order valence-electron chi connectivity index (χ3n) is 3.64. The highest BCUT2D eigenvalue weighted by atomic mass is 35.5. The van der Waals surface area contributed by atoms with Gasteiger partial charge in [-0.15, -0.1) is 0 Å². The molecule has 21 heavy (non-hydrogen) atoms. The first kappa shape index (κ1) is 16.4.